The van der Waals surface area contributed by atoms with Crippen molar-refractivity contribution in [1.29, 1.82) is 0 Å². The van der Waals surface area contributed by atoms with Crippen molar-refractivity contribution in [3.8, 4) is 0 Å². The fraction of sp³-hybridized carbons (Fsp3) is 0.667. The number of thiazole rings is 1. The molecule has 0 aromatic carbocycles. The Morgan fingerprint density at radius 2 is 2.44 bits per heavy atom. The first-order valence-corrected chi connectivity index (χ1v) is 6.15. The lowest BCUT2D eigenvalue weighted by molar-refractivity contribution is 0.146. The summed E-state index contributed by atoms with van der Waals surface area (Å²) in [5, 5.41) is 17.0. The van der Waals surface area contributed by atoms with Crippen LogP contribution in [0.5, 0.6) is 0 Å². The summed E-state index contributed by atoms with van der Waals surface area (Å²) in [7, 11) is 0. The molecule has 4 nitrogen and oxygen atoms in total. The van der Waals surface area contributed by atoms with Crippen LogP contribution in [-0.2, 0) is 6.54 Å². The molecule has 92 valence electrons. The van der Waals surface area contributed by atoms with Crippen molar-refractivity contribution in [2.45, 2.75) is 12.6 Å². The maximum Gasteiger partial charge on any atom is 0.113 e. The summed E-state index contributed by atoms with van der Waals surface area (Å²) < 4.78 is 0.717. The van der Waals surface area contributed by atoms with Gasteiger partial charge in [-0.2, -0.15) is 0 Å². The average molecular weight is 284 g/mol. The summed E-state index contributed by atoms with van der Waals surface area (Å²) in [4.78, 5) is 4.14. The Morgan fingerprint density at radius 1 is 1.62 bits per heavy atom. The highest BCUT2D eigenvalue weighted by Crippen LogP contribution is 2.18. The molecule has 2 rings (SSSR count). The molecule has 0 spiro atoms. The number of nitrogens with zero attached hydrogens (tertiary/aromatic N) is 1. The third kappa shape index (κ3) is 3.84. The molecule has 1 aliphatic rings. The third-order valence-electron chi connectivity index (χ3n) is 2.51. The summed E-state index contributed by atoms with van der Waals surface area (Å²) in [6, 6.07) is 0. The van der Waals surface area contributed by atoms with Crippen LogP contribution < -0.4 is 10.6 Å². The predicted octanol–water partition coefficient (Wildman–Crippen LogP) is 0.888. The van der Waals surface area contributed by atoms with Crippen LogP contribution in [0.4, 0.5) is 0 Å². The van der Waals surface area contributed by atoms with Crippen molar-refractivity contribution in [3.05, 3.63) is 15.5 Å². The minimum Gasteiger partial charge on any atom is -0.391 e. The van der Waals surface area contributed by atoms with Crippen LogP contribution in [0.15, 0.2) is 6.20 Å². The third-order valence-corrected chi connectivity index (χ3v) is 3.63. The molecule has 7 heteroatoms. The molecule has 0 radical (unpaired) electrons. The van der Waals surface area contributed by atoms with Gasteiger partial charge in [-0.3, -0.25) is 0 Å². The number of aliphatic hydroxyl groups is 1. The molecule has 0 bridgehead atoms. The molecule has 0 saturated carbocycles. The first kappa shape index (κ1) is 14.2. The summed E-state index contributed by atoms with van der Waals surface area (Å²) in [5.74, 6) is 0.306. The summed E-state index contributed by atoms with van der Waals surface area (Å²) >= 11 is 7.25. The van der Waals surface area contributed by atoms with Gasteiger partial charge in [-0.1, -0.05) is 11.6 Å². The fourth-order valence-electron chi connectivity index (χ4n) is 1.66. The Kier molecular flexibility index (Phi) is 5.96. The standard InChI is InChI=1S/C9H14ClN3OS.ClH/c10-8-4-13-9(15-8)5-12-2-6-1-11-3-7(6)14;/h4,6-7,11-12,14H,1-3,5H2;1H. The van der Waals surface area contributed by atoms with Crippen LogP contribution in [0.25, 0.3) is 0 Å². The van der Waals surface area contributed by atoms with E-state index in [2.05, 4.69) is 15.6 Å². The van der Waals surface area contributed by atoms with Gasteiger partial charge in [0.25, 0.3) is 0 Å². The number of β-amino-alcohol motifs (C(OH)–C–C–N with tert-alkyl or cyclic N) is 1. The largest absolute Gasteiger partial charge is 0.391 e. The van der Waals surface area contributed by atoms with Gasteiger partial charge in [0.05, 0.1) is 12.3 Å². The van der Waals surface area contributed by atoms with E-state index in [-0.39, 0.29) is 18.5 Å². The van der Waals surface area contributed by atoms with Crippen molar-refractivity contribution >= 4 is 35.3 Å². The van der Waals surface area contributed by atoms with Gasteiger partial charge in [0.1, 0.15) is 9.34 Å². The molecule has 2 heterocycles. The molecule has 1 aromatic rings. The number of rotatable bonds is 4. The summed E-state index contributed by atoms with van der Waals surface area (Å²) in [6.07, 6.45) is 1.44. The lowest BCUT2D eigenvalue weighted by Crippen LogP contribution is -2.30. The molecule has 1 fully saturated rings. The molecule has 1 saturated heterocycles. The highest BCUT2D eigenvalue weighted by atomic mass is 35.5. The molecule has 3 N–H and O–H groups in total. The fourth-order valence-corrected chi connectivity index (χ4v) is 2.59. The van der Waals surface area contributed by atoms with Crippen molar-refractivity contribution in [2.75, 3.05) is 19.6 Å². The van der Waals surface area contributed by atoms with Crippen LogP contribution in [-0.4, -0.2) is 35.8 Å². The number of halogens is 2. The Bertz CT molecular complexity index is 323. The molecule has 1 aromatic heterocycles. The van der Waals surface area contributed by atoms with Crippen molar-refractivity contribution in [3.63, 3.8) is 0 Å². The average Bonchev–Trinajstić information content (AvgIpc) is 2.77. The zero-order chi connectivity index (χ0) is 10.7. The second-order valence-electron chi connectivity index (χ2n) is 3.67. The van der Waals surface area contributed by atoms with Gasteiger partial charge in [0, 0.05) is 32.1 Å². The van der Waals surface area contributed by atoms with E-state index >= 15 is 0 Å². The zero-order valence-electron chi connectivity index (χ0n) is 8.65. The second-order valence-corrected chi connectivity index (χ2v) is 5.42. The topological polar surface area (TPSA) is 57.2 Å². The maximum atomic E-state index is 9.55. The van der Waals surface area contributed by atoms with Gasteiger partial charge in [0.15, 0.2) is 0 Å². The molecular weight excluding hydrogens is 269 g/mol. The highest BCUT2D eigenvalue weighted by Gasteiger charge is 2.24. The Hall–Kier alpha value is 0.0900. The van der Waals surface area contributed by atoms with E-state index < -0.39 is 0 Å². The van der Waals surface area contributed by atoms with Crippen molar-refractivity contribution in [2.24, 2.45) is 5.92 Å². The summed E-state index contributed by atoms with van der Waals surface area (Å²) in [5.41, 5.74) is 0. The minimum absolute atomic E-state index is 0. The van der Waals surface area contributed by atoms with E-state index in [1.807, 2.05) is 0 Å². The molecule has 1 aliphatic heterocycles. The first-order chi connectivity index (χ1) is 7.25. The van der Waals surface area contributed by atoms with Crippen LogP contribution in [0.2, 0.25) is 4.34 Å². The normalized spacial score (nSPS) is 24.4. The number of hydrogen-bond acceptors (Lipinski definition) is 5. The Labute approximate surface area is 110 Å². The highest BCUT2D eigenvalue weighted by molar-refractivity contribution is 7.15. The smallest absolute Gasteiger partial charge is 0.113 e. The van der Waals surface area contributed by atoms with Gasteiger partial charge in [-0.05, 0) is 0 Å². The molecule has 2 unspecified atom stereocenters. The molecular formula is C9H15Cl2N3OS. The molecule has 0 aliphatic carbocycles. The quantitative estimate of drug-likeness (QED) is 0.768. The Balaban J connectivity index is 0.00000128. The number of hydrogen-bond donors (Lipinski definition) is 3. The van der Waals surface area contributed by atoms with Gasteiger partial charge < -0.3 is 15.7 Å². The van der Waals surface area contributed by atoms with E-state index in [0.717, 1.165) is 29.0 Å². The predicted molar refractivity (Wildman–Crippen MR) is 68.4 cm³/mol. The number of aliphatic hydroxyl groups excluding tert-OH is 1. The number of aromatic nitrogens is 1. The molecule has 0 amide bonds. The SMILES string of the molecule is Cl.OC1CNCC1CNCc1ncc(Cl)s1. The first-order valence-electron chi connectivity index (χ1n) is 4.95. The van der Waals surface area contributed by atoms with Crippen LogP contribution in [0.1, 0.15) is 5.01 Å². The van der Waals surface area contributed by atoms with Gasteiger partial charge in [-0.25, -0.2) is 4.98 Å². The van der Waals surface area contributed by atoms with Gasteiger partial charge >= 0.3 is 0 Å². The van der Waals surface area contributed by atoms with Crippen molar-refractivity contribution < 1.29 is 5.11 Å². The molecule has 16 heavy (non-hydrogen) atoms. The van der Waals surface area contributed by atoms with Crippen LogP contribution >= 0.6 is 35.3 Å². The van der Waals surface area contributed by atoms with Crippen molar-refractivity contribution in [1.82, 2.24) is 15.6 Å². The molecule has 2 atom stereocenters. The van der Waals surface area contributed by atoms with Gasteiger partial charge in [0.2, 0.25) is 0 Å². The maximum absolute atomic E-state index is 9.55. The van der Waals surface area contributed by atoms with E-state index in [9.17, 15) is 5.11 Å². The van der Waals surface area contributed by atoms with Crippen LogP contribution in [0, 0.1) is 5.92 Å². The summed E-state index contributed by atoms with van der Waals surface area (Å²) in [6.45, 7) is 3.12. The lowest BCUT2D eigenvalue weighted by atomic mass is 10.1. The van der Waals surface area contributed by atoms with E-state index in [1.165, 1.54) is 11.3 Å². The minimum atomic E-state index is -0.225. The van der Waals surface area contributed by atoms with Gasteiger partial charge in [-0.15, -0.1) is 23.7 Å². The van der Waals surface area contributed by atoms with E-state index in [1.54, 1.807) is 6.20 Å². The van der Waals surface area contributed by atoms with Crippen LogP contribution in [0.3, 0.4) is 0 Å². The second kappa shape index (κ2) is 6.74. The lowest BCUT2D eigenvalue weighted by Gasteiger charge is -2.13. The van der Waals surface area contributed by atoms with E-state index in [0.29, 0.717) is 12.5 Å². The monoisotopic (exact) mass is 283 g/mol. The van der Waals surface area contributed by atoms with E-state index in [4.69, 9.17) is 11.6 Å². The Morgan fingerprint density at radius 3 is 3.00 bits per heavy atom. The zero-order valence-corrected chi connectivity index (χ0v) is 11.0. The number of nitrogens with one attached hydrogen (secondary N) is 2.